The highest BCUT2D eigenvalue weighted by atomic mass is 16.5. The second kappa shape index (κ2) is 10.6. The lowest BCUT2D eigenvalue weighted by atomic mass is 10.1. The van der Waals surface area contributed by atoms with Crippen molar-refractivity contribution < 1.29 is 14.6 Å². The Morgan fingerprint density at radius 3 is 2.34 bits per heavy atom. The summed E-state index contributed by atoms with van der Waals surface area (Å²) in [7, 11) is 0. The van der Waals surface area contributed by atoms with Crippen LogP contribution in [0.1, 0.15) is 46.6 Å². The summed E-state index contributed by atoms with van der Waals surface area (Å²) in [6.07, 6.45) is 3.92. The average Bonchev–Trinajstić information content (AvgIpc) is 3.21. The molecule has 166 valence electrons. The molecule has 4 rings (SSSR count). The third kappa shape index (κ3) is 5.94. The van der Waals surface area contributed by atoms with Gasteiger partial charge in [-0.2, -0.15) is 5.10 Å². The van der Waals surface area contributed by atoms with Gasteiger partial charge in [0.1, 0.15) is 17.9 Å². The van der Waals surface area contributed by atoms with Crippen LogP contribution in [0.4, 0.5) is 0 Å². The summed E-state index contributed by atoms with van der Waals surface area (Å²) in [6, 6.07) is 18.3. The summed E-state index contributed by atoms with van der Waals surface area (Å²) in [4.78, 5) is 15.2. The van der Waals surface area contributed by atoms with Crippen molar-refractivity contribution >= 4 is 11.6 Å². The third-order valence-electron chi connectivity index (χ3n) is 4.94. The molecule has 0 saturated carbocycles. The van der Waals surface area contributed by atoms with E-state index < -0.39 is 5.97 Å². The number of carboxylic acids is 1. The van der Waals surface area contributed by atoms with Crippen molar-refractivity contribution in [1.29, 1.82) is 0 Å². The number of benzene rings is 2. The highest BCUT2D eigenvalue weighted by molar-refractivity contribution is 5.94. The van der Waals surface area contributed by atoms with Crippen molar-refractivity contribution in [2.24, 2.45) is 5.92 Å². The highest BCUT2D eigenvalue weighted by Crippen LogP contribution is 2.17. The Morgan fingerprint density at radius 1 is 1.03 bits per heavy atom. The van der Waals surface area contributed by atoms with Crippen molar-refractivity contribution in [3.05, 3.63) is 94.9 Å². The van der Waals surface area contributed by atoms with Gasteiger partial charge in [-0.1, -0.05) is 61.9 Å². The van der Waals surface area contributed by atoms with Gasteiger partial charge in [-0.25, -0.2) is 14.3 Å². The summed E-state index contributed by atoms with van der Waals surface area (Å²) in [5.41, 5.74) is 5.07. The number of aromatic nitrogens is 3. The Kier molecular flexibility index (Phi) is 7.60. The van der Waals surface area contributed by atoms with Crippen molar-refractivity contribution in [2.75, 3.05) is 0 Å². The molecular weight excluding hydrogens is 402 g/mol. The fourth-order valence-corrected chi connectivity index (χ4v) is 3.22. The van der Waals surface area contributed by atoms with E-state index in [1.807, 2.05) is 37.3 Å². The molecule has 1 N–H and O–H groups in total. The van der Waals surface area contributed by atoms with Crippen LogP contribution in [-0.4, -0.2) is 25.7 Å². The van der Waals surface area contributed by atoms with Crippen molar-refractivity contribution in [1.82, 2.24) is 14.6 Å². The fourth-order valence-electron chi connectivity index (χ4n) is 3.22. The van der Waals surface area contributed by atoms with Crippen LogP contribution in [0, 0.1) is 19.8 Å². The number of hydrogen-bond donors (Lipinski definition) is 1. The summed E-state index contributed by atoms with van der Waals surface area (Å²) in [5.74, 6) is 0.410. The van der Waals surface area contributed by atoms with Crippen LogP contribution in [0.25, 0.3) is 5.65 Å². The number of rotatable bonds is 6. The number of hydrogen-bond acceptors (Lipinski definition) is 4. The lowest BCUT2D eigenvalue weighted by molar-refractivity contribution is 0.0698. The number of aryl methyl sites for hydroxylation is 2. The summed E-state index contributed by atoms with van der Waals surface area (Å²) in [6.45, 7) is 8.90. The number of fused-ring (bicyclic) bond motifs is 1. The second-order valence-electron chi connectivity index (χ2n) is 8.17. The van der Waals surface area contributed by atoms with Gasteiger partial charge >= 0.3 is 5.97 Å². The lowest BCUT2D eigenvalue weighted by Crippen LogP contribution is -2.08. The van der Waals surface area contributed by atoms with Crippen LogP contribution in [0.15, 0.2) is 67.0 Å². The molecule has 0 saturated heterocycles. The van der Waals surface area contributed by atoms with Gasteiger partial charge in [0.05, 0.1) is 6.20 Å². The second-order valence-corrected chi connectivity index (χ2v) is 8.17. The molecule has 0 bridgehead atoms. The van der Waals surface area contributed by atoms with E-state index in [1.165, 1.54) is 17.3 Å². The van der Waals surface area contributed by atoms with Gasteiger partial charge in [-0.15, -0.1) is 0 Å². The molecule has 4 aromatic rings. The molecule has 0 amide bonds. The Hall–Kier alpha value is -3.67. The minimum Gasteiger partial charge on any atom is -0.489 e. The zero-order chi connectivity index (χ0) is 23.1. The number of nitrogens with zero attached hydrogens (tertiary/aromatic N) is 3. The van der Waals surface area contributed by atoms with Gasteiger partial charge in [-0.3, -0.25) is 0 Å². The molecule has 0 radical (unpaired) electrons. The fraction of sp³-hybridized carbons (Fsp3) is 0.269. The van der Waals surface area contributed by atoms with E-state index in [0.717, 1.165) is 23.4 Å². The van der Waals surface area contributed by atoms with Crippen LogP contribution in [0.2, 0.25) is 0 Å². The van der Waals surface area contributed by atoms with E-state index in [0.29, 0.717) is 18.2 Å². The van der Waals surface area contributed by atoms with Crippen molar-refractivity contribution in [3.63, 3.8) is 0 Å². The standard InChI is InChI=1S/C14H14O.C12H15N3O2/c1-12-7-9-14(10-8-12)15-11-13-5-3-2-4-6-13;1-7(2)4-10-8(3)5-13-11-9(12(16)17)6-14-15(10)11/h2-10H,11H2,1H3;5-7H,4H2,1-3H3,(H,16,17). The minimum absolute atomic E-state index is 0.148. The van der Waals surface area contributed by atoms with Gasteiger partial charge < -0.3 is 9.84 Å². The highest BCUT2D eigenvalue weighted by Gasteiger charge is 2.16. The molecule has 6 nitrogen and oxygen atoms in total. The molecular formula is C26H29N3O3. The van der Waals surface area contributed by atoms with E-state index in [-0.39, 0.29) is 5.56 Å². The predicted molar refractivity (Wildman–Crippen MR) is 125 cm³/mol. The number of aromatic carboxylic acids is 1. The SMILES string of the molecule is Cc1ccc(OCc2ccccc2)cc1.Cc1cnc2c(C(=O)O)cnn2c1CC(C)C. The van der Waals surface area contributed by atoms with Crippen molar-refractivity contribution in [2.45, 2.75) is 40.7 Å². The molecule has 0 aliphatic heterocycles. The average molecular weight is 432 g/mol. The first-order chi connectivity index (χ1) is 15.3. The van der Waals surface area contributed by atoms with Crippen molar-refractivity contribution in [3.8, 4) is 5.75 Å². The van der Waals surface area contributed by atoms with Gasteiger partial charge in [-0.05, 0) is 49.4 Å². The lowest BCUT2D eigenvalue weighted by Gasteiger charge is -2.10. The van der Waals surface area contributed by atoms with E-state index in [1.54, 1.807) is 10.7 Å². The Labute approximate surface area is 188 Å². The van der Waals surface area contributed by atoms with Gasteiger partial charge in [0, 0.05) is 11.9 Å². The Balaban J connectivity index is 0.000000182. The third-order valence-corrected chi connectivity index (χ3v) is 4.94. The summed E-state index contributed by atoms with van der Waals surface area (Å²) < 4.78 is 7.28. The zero-order valence-corrected chi connectivity index (χ0v) is 18.9. The topological polar surface area (TPSA) is 76.7 Å². The smallest absolute Gasteiger partial charge is 0.341 e. The number of ether oxygens (including phenoxy) is 1. The number of carbonyl (C=O) groups is 1. The van der Waals surface area contributed by atoms with Gasteiger partial charge in [0.25, 0.3) is 0 Å². The predicted octanol–water partition coefficient (Wildman–Crippen LogP) is 5.51. The molecule has 2 aromatic heterocycles. The van der Waals surface area contributed by atoms with Crippen LogP contribution >= 0.6 is 0 Å². The molecule has 32 heavy (non-hydrogen) atoms. The van der Waals surface area contributed by atoms with Gasteiger partial charge in [0.15, 0.2) is 5.65 Å². The number of carboxylic acid groups (broad SMARTS) is 1. The van der Waals surface area contributed by atoms with Crippen LogP contribution in [0.5, 0.6) is 5.75 Å². The summed E-state index contributed by atoms with van der Waals surface area (Å²) >= 11 is 0. The normalized spacial score (nSPS) is 10.7. The maximum atomic E-state index is 11.0. The molecule has 2 heterocycles. The molecule has 0 aliphatic rings. The molecule has 6 heteroatoms. The monoisotopic (exact) mass is 431 g/mol. The first kappa shape index (κ1) is 23.0. The van der Waals surface area contributed by atoms with E-state index >= 15 is 0 Å². The maximum Gasteiger partial charge on any atom is 0.341 e. The van der Waals surface area contributed by atoms with Crippen LogP contribution < -0.4 is 4.74 Å². The van der Waals surface area contributed by atoms with E-state index in [9.17, 15) is 4.79 Å². The van der Waals surface area contributed by atoms with E-state index in [2.05, 4.69) is 55.1 Å². The maximum absolute atomic E-state index is 11.0. The van der Waals surface area contributed by atoms with Crippen LogP contribution in [0.3, 0.4) is 0 Å². The minimum atomic E-state index is -0.994. The van der Waals surface area contributed by atoms with Gasteiger partial charge in [0.2, 0.25) is 0 Å². The summed E-state index contributed by atoms with van der Waals surface area (Å²) in [5, 5.41) is 13.1. The molecule has 0 fully saturated rings. The molecule has 2 aromatic carbocycles. The largest absolute Gasteiger partial charge is 0.489 e. The molecule has 0 atom stereocenters. The molecule has 0 aliphatic carbocycles. The quantitative estimate of drug-likeness (QED) is 0.436. The Morgan fingerprint density at radius 2 is 1.72 bits per heavy atom. The van der Waals surface area contributed by atoms with E-state index in [4.69, 9.17) is 9.84 Å². The molecule has 0 unspecified atom stereocenters. The Bertz CT molecular complexity index is 1170. The first-order valence-corrected chi connectivity index (χ1v) is 10.6. The zero-order valence-electron chi connectivity index (χ0n) is 18.9. The first-order valence-electron chi connectivity index (χ1n) is 10.6. The molecule has 0 spiro atoms. The van der Waals surface area contributed by atoms with Crippen LogP contribution in [-0.2, 0) is 13.0 Å².